The van der Waals surface area contributed by atoms with Gasteiger partial charge in [0.1, 0.15) is 17.8 Å². The average molecular weight is 393 g/mol. The van der Waals surface area contributed by atoms with Crippen molar-refractivity contribution < 1.29 is 9.66 Å². The minimum Gasteiger partial charge on any atom is -0.490 e. The molecule has 1 aromatic carbocycles. The molecule has 0 radical (unpaired) electrons. The Hall–Kier alpha value is -2.48. The summed E-state index contributed by atoms with van der Waals surface area (Å²) < 4.78 is 6.63. The summed E-state index contributed by atoms with van der Waals surface area (Å²) in [7, 11) is 0. The van der Waals surface area contributed by atoms with Gasteiger partial charge in [0.05, 0.1) is 21.7 Å². The third-order valence-electron chi connectivity index (χ3n) is 3.21. The second kappa shape index (κ2) is 8.39. The monoisotopic (exact) mass is 392 g/mol. The fourth-order valence-corrected chi connectivity index (χ4v) is 2.22. The number of nitrogens with zero attached hydrogens (tertiary/aromatic N) is 3. The van der Waals surface area contributed by atoms with E-state index in [2.05, 4.69) is 38.4 Å². The summed E-state index contributed by atoms with van der Waals surface area (Å²) in [5, 5.41) is 14.6. The first-order chi connectivity index (χ1) is 11.5. The first-order valence-corrected chi connectivity index (χ1v) is 8.14. The number of halogens is 1. The Balaban J connectivity index is 1.99. The molecule has 8 heteroatoms. The van der Waals surface area contributed by atoms with Gasteiger partial charge in [-0.05, 0) is 59.1 Å². The SMILES string of the molecule is CCC(C)Oc1ccc(C=NNc2ccc([N+](=O)[O-])cn2)cc1Br. The molecule has 0 fully saturated rings. The van der Waals surface area contributed by atoms with Crippen LogP contribution in [-0.4, -0.2) is 22.2 Å². The number of benzene rings is 1. The van der Waals surface area contributed by atoms with Gasteiger partial charge in [-0.2, -0.15) is 5.10 Å². The molecule has 1 aromatic heterocycles. The molecule has 7 nitrogen and oxygen atoms in total. The highest BCUT2D eigenvalue weighted by Gasteiger charge is 2.06. The van der Waals surface area contributed by atoms with Crippen molar-refractivity contribution in [3.8, 4) is 5.75 Å². The molecule has 2 aromatic rings. The molecular weight excluding hydrogens is 376 g/mol. The molecule has 0 bridgehead atoms. The maximum Gasteiger partial charge on any atom is 0.287 e. The lowest BCUT2D eigenvalue weighted by Gasteiger charge is -2.14. The van der Waals surface area contributed by atoms with Gasteiger partial charge in [0.25, 0.3) is 5.69 Å². The Labute approximate surface area is 148 Å². The minimum absolute atomic E-state index is 0.0645. The van der Waals surface area contributed by atoms with E-state index in [1.165, 1.54) is 18.3 Å². The van der Waals surface area contributed by atoms with E-state index in [0.717, 1.165) is 22.2 Å². The molecule has 24 heavy (non-hydrogen) atoms. The zero-order valence-electron chi connectivity index (χ0n) is 13.3. The molecule has 2 rings (SSSR count). The smallest absolute Gasteiger partial charge is 0.287 e. The van der Waals surface area contributed by atoms with Crippen LogP contribution in [0.3, 0.4) is 0 Å². The van der Waals surface area contributed by atoms with Crippen molar-refractivity contribution in [1.29, 1.82) is 0 Å². The summed E-state index contributed by atoms with van der Waals surface area (Å²) in [6.45, 7) is 4.08. The number of nitrogens with one attached hydrogen (secondary N) is 1. The number of hydrogen-bond donors (Lipinski definition) is 1. The maximum absolute atomic E-state index is 10.6. The second-order valence-electron chi connectivity index (χ2n) is 5.06. The summed E-state index contributed by atoms with van der Waals surface area (Å²) in [4.78, 5) is 14.0. The molecule has 0 aliphatic heterocycles. The number of rotatable bonds is 7. The summed E-state index contributed by atoms with van der Waals surface area (Å²) >= 11 is 3.48. The van der Waals surface area contributed by atoms with E-state index >= 15 is 0 Å². The Morgan fingerprint density at radius 2 is 2.25 bits per heavy atom. The summed E-state index contributed by atoms with van der Waals surface area (Å²) in [6, 6.07) is 8.52. The zero-order valence-corrected chi connectivity index (χ0v) is 14.9. The van der Waals surface area contributed by atoms with Gasteiger partial charge < -0.3 is 4.74 Å². The summed E-state index contributed by atoms with van der Waals surface area (Å²) in [5.74, 6) is 1.21. The number of ether oxygens (including phenoxy) is 1. The van der Waals surface area contributed by atoms with Crippen LogP contribution in [0.5, 0.6) is 5.75 Å². The van der Waals surface area contributed by atoms with Gasteiger partial charge >= 0.3 is 0 Å². The number of hydrazone groups is 1. The van der Waals surface area contributed by atoms with Crippen LogP contribution in [0.2, 0.25) is 0 Å². The fraction of sp³-hybridized carbons (Fsp3) is 0.250. The molecule has 126 valence electrons. The van der Waals surface area contributed by atoms with E-state index < -0.39 is 4.92 Å². The normalized spacial score (nSPS) is 12.1. The van der Waals surface area contributed by atoms with E-state index in [-0.39, 0.29) is 11.8 Å². The van der Waals surface area contributed by atoms with E-state index in [4.69, 9.17) is 4.74 Å². The van der Waals surface area contributed by atoms with Crippen LogP contribution in [0.25, 0.3) is 0 Å². The fourth-order valence-electron chi connectivity index (χ4n) is 1.73. The van der Waals surface area contributed by atoms with Crippen LogP contribution < -0.4 is 10.2 Å². The third-order valence-corrected chi connectivity index (χ3v) is 3.83. The van der Waals surface area contributed by atoms with Crippen molar-refractivity contribution in [2.24, 2.45) is 5.10 Å². The Kier molecular flexibility index (Phi) is 6.25. The number of aromatic nitrogens is 1. The average Bonchev–Trinajstić information content (AvgIpc) is 2.57. The van der Waals surface area contributed by atoms with Crippen molar-refractivity contribution in [3.63, 3.8) is 0 Å². The predicted molar refractivity (Wildman–Crippen MR) is 96.6 cm³/mol. The van der Waals surface area contributed by atoms with Gasteiger partial charge in [0.2, 0.25) is 0 Å². The van der Waals surface area contributed by atoms with Crippen molar-refractivity contribution in [3.05, 3.63) is 56.7 Å². The summed E-state index contributed by atoms with van der Waals surface area (Å²) in [5.41, 5.74) is 3.53. The van der Waals surface area contributed by atoms with Crippen LogP contribution in [0, 0.1) is 10.1 Å². The number of nitro groups is 1. The van der Waals surface area contributed by atoms with Crippen LogP contribution in [0.4, 0.5) is 11.5 Å². The highest BCUT2D eigenvalue weighted by molar-refractivity contribution is 9.10. The van der Waals surface area contributed by atoms with Gasteiger partial charge in [0.15, 0.2) is 0 Å². The predicted octanol–water partition coefficient (Wildman–Crippen LogP) is 4.38. The van der Waals surface area contributed by atoms with Gasteiger partial charge in [-0.3, -0.25) is 15.5 Å². The second-order valence-corrected chi connectivity index (χ2v) is 5.91. The van der Waals surface area contributed by atoms with E-state index in [1.54, 1.807) is 6.21 Å². The first-order valence-electron chi connectivity index (χ1n) is 7.35. The van der Waals surface area contributed by atoms with E-state index in [9.17, 15) is 10.1 Å². The number of pyridine rings is 1. The quantitative estimate of drug-likeness (QED) is 0.429. The van der Waals surface area contributed by atoms with Crippen molar-refractivity contribution in [1.82, 2.24) is 4.98 Å². The first kappa shape index (κ1) is 17.9. The van der Waals surface area contributed by atoms with Crippen molar-refractivity contribution in [2.45, 2.75) is 26.4 Å². The molecule has 0 amide bonds. The number of anilines is 1. The molecule has 0 saturated carbocycles. The van der Waals surface area contributed by atoms with Crippen LogP contribution in [-0.2, 0) is 0 Å². The van der Waals surface area contributed by atoms with Crippen molar-refractivity contribution in [2.75, 3.05) is 5.43 Å². The standard InChI is InChI=1S/C16H17BrN4O3/c1-3-11(2)24-15-6-4-12(8-14(15)17)9-19-20-16-7-5-13(10-18-16)21(22)23/h4-11H,3H2,1-2H3,(H,18,20). The van der Waals surface area contributed by atoms with Gasteiger partial charge in [0, 0.05) is 6.07 Å². The Bertz CT molecular complexity index is 735. The maximum atomic E-state index is 10.6. The van der Waals surface area contributed by atoms with Gasteiger partial charge in [-0.1, -0.05) is 6.92 Å². The van der Waals surface area contributed by atoms with Crippen LogP contribution >= 0.6 is 15.9 Å². The number of hydrogen-bond acceptors (Lipinski definition) is 6. The molecule has 0 aliphatic rings. The highest BCUT2D eigenvalue weighted by Crippen LogP contribution is 2.26. The Morgan fingerprint density at radius 1 is 1.46 bits per heavy atom. The Morgan fingerprint density at radius 3 is 2.83 bits per heavy atom. The topological polar surface area (TPSA) is 89.6 Å². The highest BCUT2D eigenvalue weighted by atomic mass is 79.9. The molecule has 1 N–H and O–H groups in total. The molecule has 1 unspecified atom stereocenters. The minimum atomic E-state index is -0.499. The van der Waals surface area contributed by atoms with E-state index in [1.807, 2.05) is 25.1 Å². The molecule has 0 aliphatic carbocycles. The summed E-state index contributed by atoms with van der Waals surface area (Å²) in [6.07, 6.45) is 3.88. The lowest BCUT2D eigenvalue weighted by Crippen LogP contribution is -2.10. The molecular formula is C16H17BrN4O3. The van der Waals surface area contributed by atoms with E-state index in [0.29, 0.717) is 5.82 Å². The molecule has 1 atom stereocenters. The van der Waals surface area contributed by atoms with Gasteiger partial charge in [-0.25, -0.2) is 4.98 Å². The molecule has 1 heterocycles. The van der Waals surface area contributed by atoms with Crippen LogP contribution in [0.15, 0.2) is 46.1 Å². The third kappa shape index (κ3) is 5.02. The van der Waals surface area contributed by atoms with Gasteiger partial charge in [-0.15, -0.1) is 0 Å². The van der Waals surface area contributed by atoms with Crippen LogP contribution in [0.1, 0.15) is 25.8 Å². The largest absolute Gasteiger partial charge is 0.490 e. The zero-order chi connectivity index (χ0) is 17.5. The molecule has 0 saturated heterocycles. The lowest BCUT2D eigenvalue weighted by molar-refractivity contribution is -0.385. The van der Waals surface area contributed by atoms with Crippen molar-refractivity contribution >= 4 is 33.6 Å². The molecule has 0 spiro atoms. The lowest BCUT2D eigenvalue weighted by atomic mass is 10.2.